The third-order valence-electron chi connectivity index (χ3n) is 4.02. The van der Waals surface area contributed by atoms with Gasteiger partial charge in [0, 0.05) is 15.7 Å². The van der Waals surface area contributed by atoms with Gasteiger partial charge in [-0.15, -0.1) is 17.5 Å². The van der Waals surface area contributed by atoms with E-state index in [-0.39, 0.29) is 18.1 Å². The number of anilines is 3. The molecule has 0 saturated carbocycles. The summed E-state index contributed by atoms with van der Waals surface area (Å²) in [4.78, 5) is 10.6. The number of rotatable bonds is 4. The maximum Gasteiger partial charge on any atom is 0.269 e. The van der Waals surface area contributed by atoms with Crippen LogP contribution in [0, 0.1) is 13.7 Å². The van der Waals surface area contributed by atoms with Crippen LogP contribution in [-0.4, -0.2) is 11.3 Å². The smallest absolute Gasteiger partial charge is 0.258 e. The van der Waals surface area contributed by atoms with Crippen LogP contribution in [0.4, 0.5) is 22.7 Å². The highest BCUT2D eigenvalue weighted by Crippen LogP contribution is 2.32. The van der Waals surface area contributed by atoms with Crippen LogP contribution in [0.3, 0.4) is 0 Å². The molecule has 3 aromatic carbocycles. The minimum atomic E-state index is -0.407. The number of hydrogen-bond acceptors (Lipinski definition) is 6. The van der Waals surface area contributed by atoms with Crippen LogP contribution in [0.2, 0.25) is 0 Å². The van der Waals surface area contributed by atoms with Crippen molar-refractivity contribution in [3.8, 4) is 0 Å². The standard InChI is InChI=1S/C19H14IN5O2.ClH/c20-15-6-8-17(9-7-15)23-21-14-22(16-4-2-1-3-5-16)24(23)18-10-12-19(13-11-18)25(26)27;/h1-14H;1H. The van der Waals surface area contributed by atoms with Gasteiger partial charge in [-0.3, -0.25) is 10.1 Å². The van der Waals surface area contributed by atoms with Crippen LogP contribution in [0.25, 0.3) is 0 Å². The second-order valence-electron chi connectivity index (χ2n) is 5.74. The molecule has 3 aromatic rings. The summed E-state index contributed by atoms with van der Waals surface area (Å²) < 4.78 is 1.13. The Kier molecular flexibility index (Phi) is 6.00. The maximum atomic E-state index is 11.0. The van der Waals surface area contributed by atoms with Crippen LogP contribution in [0.1, 0.15) is 0 Å². The quantitative estimate of drug-likeness (QED) is 0.275. The first kappa shape index (κ1) is 19.9. The van der Waals surface area contributed by atoms with Gasteiger partial charge in [0.2, 0.25) is 0 Å². The molecule has 4 rings (SSSR count). The van der Waals surface area contributed by atoms with E-state index in [4.69, 9.17) is 0 Å². The molecule has 28 heavy (non-hydrogen) atoms. The highest BCUT2D eigenvalue weighted by atomic mass is 127. The molecule has 0 aromatic heterocycles. The molecular weight excluding hydrogens is 493 g/mol. The van der Waals surface area contributed by atoms with E-state index >= 15 is 0 Å². The number of para-hydroxylation sites is 1. The second kappa shape index (κ2) is 8.44. The Balaban J connectivity index is 0.00000225. The average molecular weight is 508 g/mol. The molecule has 9 heteroatoms. The van der Waals surface area contributed by atoms with Crippen molar-refractivity contribution in [2.75, 3.05) is 15.2 Å². The third kappa shape index (κ3) is 3.87. The van der Waals surface area contributed by atoms with E-state index in [0.717, 1.165) is 20.6 Å². The Morgan fingerprint density at radius 1 is 0.821 bits per heavy atom. The number of non-ortho nitro benzene ring substituents is 1. The van der Waals surface area contributed by atoms with Crippen LogP contribution in [0.5, 0.6) is 0 Å². The topological polar surface area (TPSA) is 65.2 Å². The van der Waals surface area contributed by atoms with E-state index in [0.29, 0.717) is 0 Å². The van der Waals surface area contributed by atoms with E-state index < -0.39 is 4.92 Å². The number of nitro groups is 1. The van der Waals surface area contributed by atoms with Gasteiger partial charge in [-0.25, -0.2) is 5.01 Å². The Morgan fingerprint density at radius 3 is 2.04 bits per heavy atom. The van der Waals surface area contributed by atoms with Gasteiger partial charge in [-0.2, -0.15) is 10.2 Å². The van der Waals surface area contributed by atoms with E-state index in [1.54, 1.807) is 23.6 Å². The predicted molar refractivity (Wildman–Crippen MR) is 122 cm³/mol. The van der Waals surface area contributed by atoms with Crippen molar-refractivity contribution in [2.24, 2.45) is 5.10 Å². The number of halogens is 2. The van der Waals surface area contributed by atoms with E-state index in [2.05, 4.69) is 27.7 Å². The zero-order chi connectivity index (χ0) is 18.8. The first-order valence-corrected chi connectivity index (χ1v) is 9.20. The van der Waals surface area contributed by atoms with Gasteiger partial charge in [0.05, 0.1) is 22.0 Å². The van der Waals surface area contributed by atoms with Crippen molar-refractivity contribution in [2.45, 2.75) is 0 Å². The normalized spacial score (nSPS) is 12.8. The van der Waals surface area contributed by atoms with Gasteiger partial charge in [-0.1, -0.05) is 18.2 Å². The summed E-state index contributed by atoms with van der Waals surface area (Å²) in [6.45, 7) is 0. The zero-order valence-corrected chi connectivity index (χ0v) is 17.4. The maximum absolute atomic E-state index is 11.0. The minimum Gasteiger partial charge on any atom is -0.258 e. The fourth-order valence-corrected chi connectivity index (χ4v) is 3.10. The summed E-state index contributed by atoms with van der Waals surface area (Å²) in [5, 5.41) is 21.0. The van der Waals surface area contributed by atoms with Gasteiger partial charge in [0.1, 0.15) is 6.34 Å². The number of hydrazone groups is 1. The summed E-state index contributed by atoms with van der Waals surface area (Å²) in [5.41, 5.74) is 2.60. The number of nitro benzene ring substituents is 1. The lowest BCUT2D eigenvalue weighted by molar-refractivity contribution is -0.384. The van der Waals surface area contributed by atoms with Gasteiger partial charge >= 0.3 is 0 Å². The van der Waals surface area contributed by atoms with Gasteiger partial charge in [0.25, 0.3) is 5.69 Å². The van der Waals surface area contributed by atoms with Crippen LogP contribution in [0.15, 0.2) is 84.0 Å². The Bertz CT molecular complexity index is 983. The molecule has 7 nitrogen and oxygen atoms in total. The molecule has 1 aliphatic heterocycles. The molecule has 1 heterocycles. The van der Waals surface area contributed by atoms with Crippen molar-refractivity contribution in [1.29, 1.82) is 0 Å². The molecule has 0 saturated heterocycles. The highest BCUT2D eigenvalue weighted by Gasteiger charge is 2.28. The summed E-state index contributed by atoms with van der Waals surface area (Å²) in [6.07, 6.45) is 1.72. The highest BCUT2D eigenvalue weighted by molar-refractivity contribution is 14.1. The molecular formula is C19H15ClIN5O2. The van der Waals surface area contributed by atoms with Crippen molar-refractivity contribution in [3.63, 3.8) is 0 Å². The van der Waals surface area contributed by atoms with Gasteiger partial charge in [0.15, 0.2) is 0 Å². The molecule has 0 spiro atoms. The largest absolute Gasteiger partial charge is 0.269 e. The molecule has 0 N–H and O–H groups in total. The van der Waals surface area contributed by atoms with E-state index in [1.807, 2.05) is 64.7 Å². The number of benzene rings is 3. The molecule has 0 amide bonds. The summed E-state index contributed by atoms with van der Waals surface area (Å²) in [6, 6.07) is 24.2. The van der Waals surface area contributed by atoms with Crippen molar-refractivity contribution in [1.82, 2.24) is 0 Å². The lowest BCUT2D eigenvalue weighted by Gasteiger charge is -2.34. The third-order valence-corrected chi connectivity index (χ3v) is 4.74. The molecule has 142 valence electrons. The predicted octanol–water partition coefficient (Wildman–Crippen LogP) is 5.23. The monoisotopic (exact) mass is 507 g/mol. The molecule has 0 fully saturated rings. The van der Waals surface area contributed by atoms with Crippen LogP contribution < -0.4 is 15.2 Å². The van der Waals surface area contributed by atoms with Gasteiger partial charge in [-0.05, 0) is 71.1 Å². The molecule has 0 radical (unpaired) electrons. The Labute approximate surface area is 181 Å². The fourth-order valence-electron chi connectivity index (χ4n) is 2.74. The fraction of sp³-hybridized carbons (Fsp3) is 0. The van der Waals surface area contributed by atoms with E-state index in [9.17, 15) is 10.1 Å². The molecule has 1 aliphatic rings. The zero-order valence-electron chi connectivity index (χ0n) is 14.4. The van der Waals surface area contributed by atoms with Crippen molar-refractivity contribution >= 4 is 64.1 Å². The first-order chi connectivity index (χ1) is 13.1. The summed E-state index contributed by atoms with van der Waals surface area (Å²) in [5.74, 6) is 0. The second-order valence-corrected chi connectivity index (χ2v) is 6.99. The first-order valence-electron chi connectivity index (χ1n) is 8.12. The SMILES string of the molecule is Cl.O=[N+]([O-])c1ccc(N2N(c3ccccc3)C=NN2c2ccc(I)cc2)cc1. The Morgan fingerprint density at radius 2 is 1.43 bits per heavy atom. The minimum absolute atomic E-state index is 0. The van der Waals surface area contributed by atoms with Crippen LogP contribution in [-0.2, 0) is 0 Å². The molecule has 0 aliphatic carbocycles. The number of hydrazine groups is 2. The number of hydrogen-bond donors (Lipinski definition) is 0. The lowest BCUT2D eigenvalue weighted by atomic mass is 10.3. The van der Waals surface area contributed by atoms with Gasteiger partial charge < -0.3 is 0 Å². The average Bonchev–Trinajstić information content (AvgIpc) is 3.14. The number of nitrogens with zero attached hydrogens (tertiary/aromatic N) is 5. The van der Waals surface area contributed by atoms with Crippen molar-refractivity contribution < 1.29 is 4.92 Å². The van der Waals surface area contributed by atoms with Crippen molar-refractivity contribution in [3.05, 3.63) is 92.5 Å². The summed E-state index contributed by atoms with van der Waals surface area (Å²) in [7, 11) is 0. The Hall–Kier alpha value is -2.85. The summed E-state index contributed by atoms with van der Waals surface area (Å²) >= 11 is 2.25. The molecule has 0 unspecified atom stereocenters. The van der Waals surface area contributed by atoms with E-state index in [1.165, 1.54) is 12.1 Å². The molecule has 0 bridgehead atoms. The van der Waals surface area contributed by atoms with Crippen LogP contribution >= 0.6 is 35.0 Å². The molecule has 0 atom stereocenters. The lowest BCUT2D eigenvalue weighted by Crippen LogP contribution is -2.46.